The van der Waals surface area contributed by atoms with Crippen molar-refractivity contribution in [1.29, 1.82) is 5.26 Å². The summed E-state index contributed by atoms with van der Waals surface area (Å²) < 4.78 is 0. The lowest BCUT2D eigenvalue weighted by Gasteiger charge is -2.33. The number of amides is 1. The minimum absolute atomic E-state index is 0.107. The SMILES string of the molecule is N#C[C@@H]1CCCCN1C(=O)C(N)CCNCc1ccc(Cl)cc1. The Morgan fingerprint density at radius 3 is 2.87 bits per heavy atom. The highest BCUT2D eigenvalue weighted by atomic mass is 35.5. The van der Waals surface area contributed by atoms with Crippen LogP contribution in [-0.2, 0) is 11.3 Å². The Balaban J connectivity index is 1.73. The lowest BCUT2D eigenvalue weighted by molar-refractivity contribution is -0.135. The van der Waals surface area contributed by atoms with E-state index in [0.29, 0.717) is 26.1 Å². The molecule has 0 aromatic heterocycles. The fourth-order valence-electron chi connectivity index (χ4n) is 2.76. The van der Waals surface area contributed by atoms with Crippen molar-refractivity contribution in [2.45, 2.75) is 44.3 Å². The first kappa shape index (κ1) is 17.7. The first-order valence-corrected chi connectivity index (χ1v) is 8.40. The predicted molar refractivity (Wildman–Crippen MR) is 90.7 cm³/mol. The monoisotopic (exact) mass is 334 g/mol. The fraction of sp³-hybridized carbons (Fsp3) is 0.529. The molecule has 1 aliphatic heterocycles. The zero-order valence-corrected chi connectivity index (χ0v) is 13.9. The molecule has 6 heteroatoms. The number of hydrogen-bond donors (Lipinski definition) is 2. The Labute approximate surface area is 142 Å². The van der Waals surface area contributed by atoms with E-state index in [9.17, 15) is 4.79 Å². The van der Waals surface area contributed by atoms with E-state index in [4.69, 9.17) is 22.6 Å². The van der Waals surface area contributed by atoms with Crippen molar-refractivity contribution >= 4 is 17.5 Å². The van der Waals surface area contributed by atoms with Gasteiger partial charge in [0, 0.05) is 18.1 Å². The molecule has 3 N–H and O–H groups in total. The van der Waals surface area contributed by atoms with Crippen molar-refractivity contribution in [2.24, 2.45) is 5.73 Å². The smallest absolute Gasteiger partial charge is 0.240 e. The van der Waals surface area contributed by atoms with Crippen molar-refractivity contribution in [3.8, 4) is 6.07 Å². The van der Waals surface area contributed by atoms with E-state index in [2.05, 4.69) is 11.4 Å². The maximum atomic E-state index is 12.4. The maximum absolute atomic E-state index is 12.4. The molecule has 0 saturated carbocycles. The lowest BCUT2D eigenvalue weighted by atomic mass is 10.0. The van der Waals surface area contributed by atoms with Crippen molar-refractivity contribution in [3.05, 3.63) is 34.9 Å². The second-order valence-electron chi connectivity index (χ2n) is 5.87. The summed E-state index contributed by atoms with van der Waals surface area (Å²) in [5.74, 6) is -0.107. The molecule has 0 radical (unpaired) electrons. The van der Waals surface area contributed by atoms with Crippen LogP contribution in [0, 0.1) is 11.3 Å². The van der Waals surface area contributed by atoms with E-state index in [-0.39, 0.29) is 11.9 Å². The molecule has 1 heterocycles. The number of halogens is 1. The summed E-state index contributed by atoms with van der Waals surface area (Å²) in [5.41, 5.74) is 7.14. The number of piperidine rings is 1. The number of carbonyl (C=O) groups excluding carboxylic acids is 1. The molecule has 2 atom stereocenters. The number of rotatable bonds is 6. The second-order valence-corrected chi connectivity index (χ2v) is 6.31. The van der Waals surface area contributed by atoms with Gasteiger partial charge in [-0.05, 0) is 49.9 Å². The number of nitriles is 1. The normalized spacial score (nSPS) is 19.2. The van der Waals surface area contributed by atoms with Crippen molar-refractivity contribution in [2.75, 3.05) is 13.1 Å². The van der Waals surface area contributed by atoms with Gasteiger partial charge in [-0.15, -0.1) is 0 Å². The van der Waals surface area contributed by atoms with Gasteiger partial charge in [0.25, 0.3) is 0 Å². The van der Waals surface area contributed by atoms with Gasteiger partial charge in [-0.2, -0.15) is 5.26 Å². The van der Waals surface area contributed by atoms with Crippen LogP contribution in [-0.4, -0.2) is 36.0 Å². The molecule has 0 aliphatic carbocycles. The molecule has 1 fully saturated rings. The molecule has 2 rings (SSSR count). The van der Waals surface area contributed by atoms with Crippen LogP contribution in [0.1, 0.15) is 31.2 Å². The molecule has 23 heavy (non-hydrogen) atoms. The molecular formula is C17H23ClN4O. The van der Waals surface area contributed by atoms with E-state index in [1.54, 1.807) is 4.90 Å². The molecule has 1 amide bonds. The highest BCUT2D eigenvalue weighted by Crippen LogP contribution is 2.17. The lowest BCUT2D eigenvalue weighted by Crippen LogP contribution is -2.50. The summed E-state index contributed by atoms with van der Waals surface area (Å²) in [6.45, 7) is 2.01. The highest BCUT2D eigenvalue weighted by Gasteiger charge is 2.29. The molecule has 1 aromatic rings. The Hall–Kier alpha value is -1.61. The quantitative estimate of drug-likeness (QED) is 0.780. The Morgan fingerprint density at radius 2 is 2.17 bits per heavy atom. The third-order valence-electron chi connectivity index (χ3n) is 4.13. The van der Waals surface area contributed by atoms with Crippen LogP contribution in [0.4, 0.5) is 0 Å². The van der Waals surface area contributed by atoms with Crippen molar-refractivity contribution in [1.82, 2.24) is 10.2 Å². The van der Waals surface area contributed by atoms with Gasteiger partial charge in [-0.3, -0.25) is 4.79 Å². The molecule has 0 spiro atoms. The summed E-state index contributed by atoms with van der Waals surface area (Å²) in [6.07, 6.45) is 3.26. The second kappa shape index (κ2) is 8.88. The number of nitrogens with two attached hydrogens (primary N) is 1. The van der Waals surface area contributed by atoms with Gasteiger partial charge >= 0.3 is 0 Å². The molecule has 5 nitrogen and oxygen atoms in total. The van der Waals surface area contributed by atoms with Gasteiger partial charge in [-0.25, -0.2) is 0 Å². The molecule has 0 bridgehead atoms. The number of carbonyl (C=O) groups is 1. The van der Waals surface area contributed by atoms with Crippen LogP contribution < -0.4 is 11.1 Å². The Kier molecular flexibility index (Phi) is 6.85. The van der Waals surface area contributed by atoms with E-state index in [1.165, 1.54) is 0 Å². The minimum Gasteiger partial charge on any atom is -0.325 e. The molecule has 1 unspecified atom stereocenters. The van der Waals surface area contributed by atoms with Crippen LogP contribution >= 0.6 is 11.6 Å². The van der Waals surface area contributed by atoms with E-state index >= 15 is 0 Å². The van der Waals surface area contributed by atoms with Gasteiger partial charge in [0.15, 0.2) is 0 Å². The summed E-state index contributed by atoms with van der Waals surface area (Å²) in [7, 11) is 0. The van der Waals surface area contributed by atoms with Crippen LogP contribution in [0.15, 0.2) is 24.3 Å². The standard InChI is InChI=1S/C17H23ClN4O/c18-14-6-4-13(5-7-14)12-21-9-8-16(20)17(23)22-10-2-1-3-15(22)11-19/h4-7,15-16,21H,1-3,8-10,12,20H2/t15-,16?/m0/s1. The summed E-state index contributed by atoms with van der Waals surface area (Å²) in [5, 5.41) is 13.1. The summed E-state index contributed by atoms with van der Waals surface area (Å²) >= 11 is 5.84. The van der Waals surface area contributed by atoms with Gasteiger partial charge < -0.3 is 16.0 Å². The van der Waals surface area contributed by atoms with Crippen LogP contribution in [0.2, 0.25) is 5.02 Å². The summed E-state index contributed by atoms with van der Waals surface area (Å²) in [4.78, 5) is 14.0. The van der Waals surface area contributed by atoms with E-state index in [1.807, 2.05) is 24.3 Å². The highest BCUT2D eigenvalue weighted by molar-refractivity contribution is 6.30. The molecule has 124 valence electrons. The van der Waals surface area contributed by atoms with Crippen LogP contribution in [0.5, 0.6) is 0 Å². The first-order chi connectivity index (χ1) is 11.1. The third kappa shape index (κ3) is 5.21. The number of nitrogens with zero attached hydrogens (tertiary/aromatic N) is 2. The number of nitrogens with one attached hydrogen (secondary N) is 1. The van der Waals surface area contributed by atoms with Crippen LogP contribution in [0.3, 0.4) is 0 Å². The fourth-order valence-corrected chi connectivity index (χ4v) is 2.88. The first-order valence-electron chi connectivity index (χ1n) is 8.02. The maximum Gasteiger partial charge on any atom is 0.240 e. The Morgan fingerprint density at radius 1 is 1.43 bits per heavy atom. The molecule has 1 aliphatic rings. The topological polar surface area (TPSA) is 82.2 Å². The van der Waals surface area contributed by atoms with Crippen molar-refractivity contribution < 1.29 is 4.79 Å². The number of likely N-dealkylation sites (tertiary alicyclic amines) is 1. The molecule has 1 aromatic carbocycles. The van der Waals surface area contributed by atoms with Gasteiger partial charge in [0.2, 0.25) is 5.91 Å². The Bertz CT molecular complexity index is 555. The van der Waals surface area contributed by atoms with Gasteiger partial charge in [0.1, 0.15) is 6.04 Å². The average Bonchev–Trinajstić information content (AvgIpc) is 2.59. The van der Waals surface area contributed by atoms with Gasteiger partial charge in [0.05, 0.1) is 12.1 Å². The van der Waals surface area contributed by atoms with Crippen molar-refractivity contribution in [3.63, 3.8) is 0 Å². The van der Waals surface area contributed by atoms with Gasteiger partial charge in [-0.1, -0.05) is 23.7 Å². The average molecular weight is 335 g/mol. The van der Waals surface area contributed by atoms with Crippen LogP contribution in [0.25, 0.3) is 0 Å². The molecule has 1 saturated heterocycles. The zero-order valence-electron chi connectivity index (χ0n) is 13.2. The molecular weight excluding hydrogens is 312 g/mol. The van der Waals surface area contributed by atoms with E-state index < -0.39 is 6.04 Å². The predicted octanol–water partition coefficient (Wildman–Crippen LogP) is 2.05. The third-order valence-corrected chi connectivity index (χ3v) is 4.38. The largest absolute Gasteiger partial charge is 0.325 e. The zero-order chi connectivity index (χ0) is 16.7. The number of hydrogen-bond acceptors (Lipinski definition) is 4. The minimum atomic E-state index is -0.554. The number of benzene rings is 1. The van der Waals surface area contributed by atoms with E-state index in [0.717, 1.165) is 29.8 Å². The summed E-state index contributed by atoms with van der Waals surface area (Å²) in [6, 6.07) is 8.97.